The Morgan fingerprint density at radius 1 is 1.38 bits per heavy atom. The van der Waals surface area contributed by atoms with Gasteiger partial charge in [0.2, 0.25) is 0 Å². The monoisotopic (exact) mass is 328 g/mol. The van der Waals surface area contributed by atoms with Crippen LogP contribution >= 0.6 is 0 Å². The summed E-state index contributed by atoms with van der Waals surface area (Å²) in [6.45, 7) is 2.01. The Labute approximate surface area is 141 Å². The number of rotatable bonds is 4. The van der Waals surface area contributed by atoms with Crippen LogP contribution in [0.15, 0.2) is 41.0 Å². The van der Waals surface area contributed by atoms with E-state index in [1.807, 2.05) is 31.2 Å². The Hall–Kier alpha value is -2.38. The number of nitrogens with one attached hydrogen (secondary N) is 3. The van der Waals surface area contributed by atoms with Gasteiger partial charge in [-0.3, -0.25) is 10.1 Å². The van der Waals surface area contributed by atoms with Crippen molar-refractivity contribution in [2.45, 2.75) is 44.6 Å². The zero-order valence-electron chi connectivity index (χ0n) is 13.8. The second-order valence-corrected chi connectivity index (χ2v) is 6.40. The molecule has 1 aliphatic heterocycles. The van der Waals surface area contributed by atoms with Gasteiger partial charge in [0, 0.05) is 24.0 Å². The summed E-state index contributed by atoms with van der Waals surface area (Å²) in [5.74, 6) is -0.0608. The van der Waals surface area contributed by atoms with Gasteiger partial charge in [0.15, 0.2) is 6.29 Å². The predicted octanol–water partition coefficient (Wildman–Crippen LogP) is 0.531. The van der Waals surface area contributed by atoms with Crippen molar-refractivity contribution in [3.8, 4) is 0 Å². The summed E-state index contributed by atoms with van der Waals surface area (Å²) in [5, 5.41) is 9.69. The van der Waals surface area contributed by atoms with Gasteiger partial charge in [0.05, 0.1) is 5.57 Å². The van der Waals surface area contributed by atoms with E-state index in [1.165, 1.54) is 0 Å². The maximum Gasteiger partial charge on any atom is 0.253 e. The lowest BCUT2D eigenvalue weighted by Crippen LogP contribution is -2.48. The molecule has 0 radical (unpaired) electrons. The van der Waals surface area contributed by atoms with Gasteiger partial charge >= 0.3 is 0 Å². The molecule has 7 nitrogen and oxygen atoms in total. The first kappa shape index (κ1) is 16.5. The number of primary amides is 1. The third-order valence-corrected chi connectivity index (χ3v) is 4.31. The molecule has 0 aromatic heterocycles. The fourth-order valence-electron chi connectivity index (χ4n) is 3.09. The number of carbonyl (C=O) groups excluding carboxylic acids is 1. The number of aryl methyl sites for hydroxylation is 1. The number of hydrogen-bond acceptors (Lipinski definition) is 6. The van der Waals surface area contributed by atoms with E-state index in [4.69, 9.17) is 11.5 Å². The fraction of sp³-hybridized carbons (Fsp3) is 0.412. The van der Waals surface area contributed by atoms with E-state index in [2.05, 4.69) is 20.9 Å². The topological polar surface area (TPSA) is 118 Å². The second kappa shape index (κ2) is 7.02. The Morgan fingerprint density at radius 3 is 2.88 bits per heavy atom. The first-order chi connectivity index (χ1) is 11.5. The lowest BCUT2D eigenvalue weighted by atomic mass is 10.2. The van der Waals surface area contributed by atoms with Gasteiger partial charge < -0.3 is 22.1 Å². The SMILES string of the molecule is Cc1cccc(NC2=NC(N[C@H]3CC[C@@H](N)C3)NC=C2C(N)=O)c1. The number of amides is 1. The maximum absolute atomic E-state index is 11.7. The smallest absolute Gasteiger partial charge is 0.253 e. The van der Waals surface area contributed by atoms with Gasteiger partial charge in [-0.05, 0) is 43.9 Å². The Morgan fingerprint density at radius 2 is 2.21 bits per heavy atom. The Kier molecular flexibility index (Phi) is 4.82. The highest BCUT2D eigenvalue weighted by Crippen LogP contribution is 2.19. The maximum atomic E-state index is 11.7. The number of aliphatic imine (C=N–C) groups is 1. The number of anilines is 1. The van der Waals surface area contributed by atoms with Gasteiger partial charge in [-0.2, -0.15) is 0 Å². The highest BCUT2D eigenvalue weighted by molar-refractivity contribution is 6.25. The summed E-state index contributed by atoms with van der Waals surface area (Å²) in [7, 11) is 0. The molecule has 1 aliphatic carbocycles. The van der Waals surface area contributed by atoms with Crippen LogP contribution in [-0.2, 0) is 4.79 Å². The van der Waals surface area contributed by atoms with Gasteiger partial charge in [-0.25, -0.2) is 4.99 Å². The molecule has 0 bridgehead atoms. The molecule has 1 amide bonds. The summed E-state index contributed by atoms with van der Waals surface area (Å²) >= 11 is 0. The van der Waals surface area contributed by atoms with Crippen molar-refractivity contribution >= 4 is 17.4 Å². The molecule has 7 N–H and O–H groups in total. The minimum absolute atomic E-state index is 0.247. The van der Waals surface area contributed by atoms with E-state index >= 15 is 0 Å². The molecule has 0 spiro atoms. The molecule has 3 atom stereocenters. The fourth-order valence-corrected chi connectivity index (χ4v) is 3.09. The predicted molar refractivity (Wildman–Crippen MR) is 95.2 cm³/mol. The molecule has 1 saturated carbocycles. The number of nitrogens with zero attached hydrogens (tertiary/aromatic N) is 1. The van der Waals surface area contributed by atoms with Crippen molar-refractivity contribution in [2.75, 3.05) is 5.32 Å². The highest BCUT2D eigenvalue weighted by atomic mass is 16.1. The normalized spacial score (nSPS) is 26.3. The van der Waals surface area contributed by atoms with E-state index in [1.54, 1.807) is 6.20 Å². The molecular weight excluding hydrogens is 304 g/mol. The molecule has 0 saturated heterocycles. The van der Waals surface area contributed by atoms with Crippen molar-refractivity contribution < 1.29 is 4.79 Å². The van der Waals surface area contributed by atoms with Crippen molar-refractivity contribution in [3.05, 3.63) is 41.6 Å². The molecule has 1 fully saturated rings. The molecule has 1 heterocycles. The lowest BCUT2D eigenvalue weighted by Gasteiger charge is -2.25. The zero-order valence-corrected chi connectivity index (χ0v) is 13.8. The van der Waals surface area contributed by atoms with Gasteiger partial charge in [-0.15, -0.1) is 0 Å². The van der Waals surface area contributed by atoms with Crippen LogP contribution in [0, 0.1) is 6.92 Å². The number of amidine groups is 1. The molecule has 1 aromatic carbocycles. The van der Waals surface area contributed by atoms with Crippen molar-refractivity contribution in [1.82, 2.24) is 10.6 Å². The lowest BCUT2D eigenvalue weighted by molar-refractivity contribution is -0.114. The van der Waals surface area contributed by atoms with Crippen LogP contribution in [-0.4, -0.2) is 30.1 Å². The van der Waals surface area contributed by atoms with Gasteiger partial charge in [0.25, 0.3) is 5.91 Å². The van der Waals surface area contributed by atoms with E-state index in [9.17, 15) is 4.79 Å². The minimum Gasteiger partial charge on any atom is -0.365 e. The first-order valence-electron chi connectivity index (χ1n) is 8.21. The first-order valence-corrected chi connectivity index (χ1v) is 8.21. The van der Waals surface area contributed by atoms with Gasteiger partial charge in [-0.1, -0.05) is 12.1 Å². The summed E-state index contributed by atoms with van der Waals surface area (Å²) in [5.41, 5.74) is 13.7. The van der Waals surface area contributed by atoms with E-state index in [0.29, 0.717) is 17.5 Å². The standard InChI is InChI=1S/C17H24N6O/c1-10-3-2-4-12(7-10)21-16-14(15(19)24)9-20-17(23-16)22-13-6-5-11(18)8-13/h2-4,7,9,11,13,17,20,22H,5-6,8,18H2,1H3,(H2,19,24)(H,21,23)/t11-,13+,17?/m1/s1. The average molecular weight is 328 g/mol. The molecular formula is C17H24N6O. The summed E-state index contributed by atoms with van der Waals surface area (Å²) in [6, 6.07) is 8.44. The van der Waals surface area contributed by atoms with Crippen LogP contribution < -0.4 is 27.4 Å². The van der Waals surface area contributed by atoms with Crippen LogP contribution in [0.25, 0.3) is 0 Å². The van der Waals surface area contributed by atoms with E-state index < -0.39 is 5.91 Å². The third-order valence-electron chi connectivity index (χ3n) is 4.31. The van der Waals surface area contributed by atoms with Crippen molar-refractivity contribution in [3.63, 3.8) is 0 Å². The number of hydrogen-bond donors (Lipinski definition) is 5. The minimum atomic E-state index is -0.525. The molecule has 1 aromatic rings. The summed E-state index contributed by atoms with van der Waals surface area (Å²) < 4.78 is 0. The van der Waals surface area contributed by atoms with Crippen LogP contribution in [0.3, 0.4) is 0 Å². The highest BCUT2D eigenvalue weighted by Gasteiger charge is 2.26. The van der Waals surface area contributed by atoms with Crippen LogP contribution in [0.1, 0.15) is 24.8 Å². The van der Waals surface area contributed by atoms with E-state index in [-0.39, 0.29) is 12.3 Å². The number of carbonyl (C=O) groups is 1. The average Bonchev–Trinajstić information content (AvgIpc) is 2.92. The van der Waals surface area contributed by atoms with Crippen molar-refractivity contribution in [2.24, 2.45) is 16.5 Å². The Bertz CT molecular complexity index is 683. The largest absolute Gasteiger partial charge is 0.365 e. The van der Waals surface area contributed by atoms with Crippen LogP contribution in [0.5, 0.6) is 0 Å². The zero-order chi connectivity index (χ0) is 17.1. The number of nitrogens with two attached hydrogens (primary N) is 2. The summed E-state index contributed by atoms with van der Waals surface area (Å²) in [6.07, 6.45) is 4.28. The van der Waals surface area contributed by atoms with Crippen LogP contribution in [0.2, 0.25) is 0 Å². The molecule has 7 heteroatoms. The molecule has 128 valence electrons. The quantitative estimate of drug-likeness (QED) is 0.553. The van der Waals surface area contributed by atoms with Crippen LogP contribution in [0.4, 0.5) is 5.69 Å². The molecule has 2 aliphatic rings. The van der Waals surface area contributed by atoms with Crippen molar-refractivity contribution in [1.29, 1.82) is 0 Å². The molecule has 24 heavy (non-hydrogen) atoms. The third kappa shape index (κ3) is 3.93. The summed E-state index contributed by atoms with van der Waals surface area (Å²) in [4.78, 5) is 16.2. The number of benzene rings is 1. The van der Waals surface area contributed by atoms with E-state index in [0.717, 1.165) is 30.5 Å². The second-order valence-electron chi connectivity index (χ2n) is 6.40. The Balaban J connectivity index is 1.75. The van der Waals surface area contributed by atoms with Gasteiger partial charge in [0.1, 0.15) is 5.84 Å². The molecule has 1 unspecified atom stereocenters. The molecule has 3 rings (SSSR count).